The van der Waals surface area contributed by atoms with Gasteiger partial charge in [0.1, 0.15) is 17.1 Å². The van der Waals surface area contributed by atoms with Crippen molar-refractivity contribution in [1.29, 1.82) is 0 Å². The van der Waals surface area contributed by atoms with E-state index >= 15 is 0 Å². The molecule has 0 radical (unpaired) electrons. The van der Waals surface area contributed by atoms with E-state index in [0.717, 1.165) is 5.56 Å². The maximum atomic E-state index is 11.9. The number of halogens is 1. The largest absolute Gasteiger partial charge is 0.466 e. The van der Waals surface area contributed by atoms with Crippen molar-refractivity contribution >= 4 is 23.5 Å². The monoisotopic (exact) mass is 335 g/mol. The molecule has 6 heteroatoms. The van der Waals surface area contributed by atoms with Crippen molar-refractivity contribution in [2.45, 2.75) is 26.8 Å². The maximum absolute atomic E-state index is 11.9. The molecule has 23 heavy (non-hydrogen) atoms. The van der Waals surface area contributed by atoms with E-state index in [9.17, 15) is 9.59 Å². The van der Waals surface area contributed by atoms with Gasteiger partial charge in [0.05, 0.1) is 6.04 Å². The number of hydrogen-bond donors (Lipinski definition) is 1. The summed E-state index contributed by atoms with van der Waals surface area (Å²) in [5.41, 5.74) is 1.25. The van der Waals surface area contributed by atoms with Crippen molar-refractivity contribution in [2.75, 3.05) is 6.61 Å². The molecule has 0 aliphatic rings. The normalized spacial score (nSPS) is 11.8. The van der Waals surface area contributed by atoms with E-state index in [4.69, 9.17) is 20.8 Å². The molecule has 0 fully saturated rings. The highest BCUT2D eigenvalue weighted by atomic mass is 35.5. The smallest absolute Gasteiger partial charge is 0.342 e. The lowest BCUT2D eigenvalue weighted by Crippen LogP contribution is -2.31. The number of ether oxygens (including phenoxy) is 1. The summed E-state index contributed by atoms with van der Waals surface area (Å²) in [4.78, 5) is 23.8. The number of esters is 1. The van der Waals surface area contributed by atoms with Crippen LogP contribution >= 0.6 is 11.6 Å². The second-order valence-electron chi connectivity index (χ2n) is 5.24. The SMILES string of the molecule is Cc1cc(C(=O)OCC(=O)N[C@@H](C)c2ccc(Cl)cc2)c(C)o1. The minimum Gasteiger partial charge on any atom is -0.466 e. The Morgan fingerprint density at radius 3 is 2.48 bits per heavy atom. The third-order valence-electron chi connectivity index (χ3n) is 3.34. The summed E-state index contributed by atoms with van der Waals surface area (Å²) in [6.45, 7) is 4.91. The van der Waals surface area contributed by atoms with E-state index in [0.29, 0.717) is 22.1 Å². The second-order valence-corrected chi connectivity index (χ2v) is 5.68. The number of benzene rings is 1. The minimum absolute atomic E-state index is 0.212. The van der Waals surface area contributed by atoms with Crippen molar-refractivity contribution < 1.29 is 18.7 Å². The first-order valence-corrected chi connectivity index (χ1v) is 7.53. The average molecular weight is 336 g/mol. The molecule has 0 saturated carbocycles. The Morgan fingerprint density at radius 2 is 1.91 bits per heavy atom. The Bertz CT molecular complexity index is 706. The highest BCUT2D eigenvalue weighted by molar-refractivity contribution is 6.30. The Hall–Kier alpha value is -2.27. The van der Waals surface area contributed by atoms with Gasteiger partial charge in [0.25, 0.3) is 5.91 Å². The molecule has 1 atom stereocenters. The molecule has 0 unspecified atom stereocenters. The van der Waals surface area contributed by atoms with Crippen LogP contribution in [-0.2, 0) is 9.53 Å². The van der Waals surface area contributed by atoms with Gasteiger partial charge < -0.3 is 14.5 Å². The van der Waals surface area contributed by atoms with E-state index < -0.39 is 5.97 Å². The van der Waals surface area contributed by atoms with Gasteiger partial charge in [0, 0.05) is 5.02 Å². The summed E-state index contributed by atoms with van der Waals surface area (Å²) in [7, 11) is 0. The standard InChI is InChI=1S/C17H18ClNO4/c1-10-8-15(12(3)23-10)17(21)22-9-16(20)19-11(2)13-4-6-14(18)7-5-13/h4-8,11H,9H2,1-3H3,(H,19,20)/t11-/m0/s1. The number of amides is 1. The molecular formula is C17H18ClNO4. The number of rotatable bonds is 5. The number of nitrogens with one attached hydrogen (secondary N) is 1. The number of aryl methyl sites for hydroxylation is 2. The molecule has 5 nitrogen and oxygen atoms in total. The van der Waals surface area contributed by atoms with E-state index in [2.05, 4.69) is 5.32 Å². The molecule has 0 bridgehead atoms. The Labute approximate surface area is 139 Å². The third kappa shape index (κ3) is 4.60. The van der Waals surface area contributed by atoms with Gasteiger partial charge in [-0.1, -0.05) is 23.7 Å². The van der Waals surface area contributed by atoms with Gasteiger partial charge in [-0.05, 0) is 44.5 Å². The molecule has 1 amide bonds. The first-order valence-electron chi connectivity index (χ1n) is 7.16. The average Bonchev–Trinajstić information content (AvgIpc) is 2.84. The van der Waals surface area contributed by atoms with Crippen LogP contribution in [0, 0.1) is 13.8 Å². The summed E-state index contributed by atoms with van der Waals surface area (Å²) >= 11 is 5.83. The molecule has 2 aromatic rings. The lowest BCUT2D eigenvalue weighted by Gasteiger charge is -2.14. The highest BCUT2D eigenvalue weighted by Crippen LogP contribution is 2.16. The van der Waals surface area contributed by atoms with Gasteiger partial charge in [0.2, 0.25) is 0 Å². The Kier molecular flexibility index (Phi) is 5.45. The van der Waals surface area contributed by atoms with E-state index in [-0.39, 0.29) is 18.6 Å². The van der Waals surface area contributed by atoms with Crippen molar-refractivity contribution in [1.82, 2.24) is 5.32 Å². The van der Waals surface area contributed by atoms with Crippen LogP contribution in [0.15, 0.2) is 34.7 Å². The van der Waals surface area contributed by atoms with E-state index in [1.165, 1.54) is 0 Å². The molecule has 1 heterocycles. The lowest BCUT2D eigenvalue weighted by molar-refractivity contribution is -0.124. The van der Waals surface area contributed by atoms with Crippen LogP contribution in [0.2, 0.25) is 5.02 Å². The summed E-state index contributed by atoms with van der Waals surface area (Å²) in [5.74, 6) is 0.144. The third-order valence-corrected chi connectivity index (χ3v) is 3.59. The van der Waals surface area contributed by atoms with E-state index in [1.807, 2.05) is 19.1 Å². The topological polar surface area (TPSA) is 68.5 Å². The van der Waals surface area contributed by atoms with Gasteiger partial charge in [-0.25, -0.2) is 4.79 Å². The van der Waals surface area contributed by atoms with Gasteiger partial charge in [-0.15, -0.1) is 0 Å². The van der Waals surface area contributed by atoms with Gasteiger partial charge in [0.15, 0.2) is 6.61 Å². The minimum atomic E-state index is -0.575. The van der Waals surface area contributed by atoms with Crippen molar-refractivity contribution in [3.63, 3.8) is 0 Å². The van der Waals surface area contributed by atoms with Crippen LogP contribution < -0.4 is 5.32 Å². The zero-order chi connectivity index (χ0) is 17.0. The van der Waals surface area contributed by atoms with Crippen LogP contribution in [0.5, 0.6) is 0 Å². The Balaban J connectivity index is 1.86. The van der Waals surface area contributed by atoms with Crippen LogP contribution in [-0.4, -0.2) is 18.5 Å². The number of furan rings is 1. The molecule has 122 valence electrons. The van der Waals surface area contributed by atoms with Crippen molar-refractivity contribution in [3.05, 3.63) is 58.0 Å². The zero-order valence-corrected chi connectivity index (χ0v) is 13.9. The first-order chi connectivity index (χ1) is 10.9. The van der Waals surface area contributed by atoms with Crippen LogP contribution in [0.25, 0.3) is 0 Å². The maximum Gasteiger partial charge on any atom is 0.342 e. The molecular weight excluding hydrogens is 318 g/mol. The number of hydrogen-bond acceptors (Lipinski definition) is 4. The highest BCUT2D eigenvalue weighted by Gasteiger charge is 2.17. The first kappa shape index (κ1) is 17.1. The van der Waals surface area contributed by atoms with Gasteiger partial charge >= 0.3 is 5.97 Å². The molecule has 1 aromatic carbocycles. The predicted molar refractivity (Wildman–Crippen MR) is 86.5 cm³/mol. The fourth-order valence-corrected chi connectivity index (χ4v) is 2.29. The zero-order valence-electron chi connectivity index (χ0n) is 13.2. The van der Waals surface area contributed by atoms with Crippen molar-refractivity contribution in [3.8, 4) is 0 Å². The van der Waals surface area contributed by atoms with Crippen molar-refractivity contribution in [2.24, 2.45) is 0 Å². The predicted octanol–water partition coefficient (Wildman–Crippen LogP) is 3.58. The van der Waals surface area contributed by atoms with Gasteiger partial charge in [-0.3, -0.25) is 4.79 Å². The summed E-state index contributed by atoms with van der Waals surface area (Å²) < 4.78 is 10.3. The molecule has 1 aromatic heterocycles. The summed E-state index contributed by atoms with van der Waals surface area (Å²) in [5, 5.41) is 3.39. The quantitative estimate of drug-likeness (QED) is 0.848. The van der Waals surface area contributed by atoms with Gasteiger partial charge in [-0.2, -0.15) is 0 Å². The summed E-state index contributed by atoms with van der Waals surface area (Å²) in [6.07, 6.45) is 0. The van der Waals surface area contributed by atoms with Crippen LogP contribution in [0.4, 0.5) is 0 Å². The molecule has 0 spiro atoms. The molecule has 1 N–H and O–H groups in total. The fraction of sp³-hybridized carbons (Fsp3) is 0.294. The number of carbonyl (C=O) groups is 2. The fourth-order valence-electron chi connectivity index (χ4n) is 2.16. The lowest BCUT2D eigenvalue weighted by atomic mass is 10.1. The van der Waals surface area contributed by atoms with Crippen LogP contribution in [0.3, 0.4) is 0 Å². The second kappa shape index (κ2) is 7.33. The molecule has 0 aliphatic carbocycles. The van der Waals surface area contributed by atoms with Crippen LogP contribution in [0.1, 0.15) is 40.4 Å². The molecule has 2 rings (SSSR count). The van der Waals surface area contributed by atoms with E-state index in [1.54, 1.807) is 32.0 Å². The summed E-state index contributed by atoms with van der Waals surface area (Å²) in [6, 6.07) is 8.55. The number of carbonyl (C=O) groups excluding carboxylic acids is 2. The Morgan fingerprint density at radius 1 is 1.26 bits per heavy atom. The molecule has 0 saturated heterocycles. The molecule has 0 aliphatic heterocycles.